The summed E-state index contributed by atoms with van der Waals surface area (Å²) >= 11 is 0. The molecule has 2 atom stereocenters. The molecule has 2 rings (SSSR count). The molecule has 4 heteroatoms. The quantitative estimate of drug-likeness (QED) is 0.339. The van der Waals surface area contributed by atoms with Crippen LogP contribution in [0.4, 0.5) is 0 Å². The molecule has 0 aromatic rings. The molecule has 4 nitrogen and oxygen atoms in total. The van der Waals surface area contributed by atoms with Gasteiger partial charge < -0.3 is 9.47 Å². The van der Waals surface area contributed by atoms with Crippen molar-refractivity contribution in [2.24, 2.45) is 0 Å². The molecule has 0 radical (unpaired) electrons. The highest BCUT2D eigenvalue weighted by atomic mass is 16.6. The number of allylic oxidation sites excluding steroid dienone is 2. The lowest BCUT2D eigenvalue weighted by Crippen LogP contribution is -2.17. The number of hydrogen-bond acceptors (Lipinski definition) is 4. The lowest BCUT2D eigenvalue weighted by molar-refractivity contribution is -0.140. The molecule has 0 amide bonds. The van der Waals surface area contributed by atoms with Crippen LogP contribution in [0.15, 0.2) is 22.8 Å². The maximum absolute atomic E-state index is 12.5. The average Bonchev–Trinajstić information content (AvgIpc) is 3.03. The van der Waals surface area contributed by atoms with Crippen LogP contribution in [0, 0.1) is 0 Å². The summed E-state index contributed by atoms with van der Waals surface area (Å²) in [7, 11) is 0. The highest BCUT2D eigenvalue weighted by Crippen LogP contribution is 2.45. The van der Waals surface area contributed by atoms with E-state index in [4.69, 9.17) is 9.47 Å². The van der Waals surface area contributed by atoms with Crippen molar-refractivity contribution in [2.45, 2.75) is 65.1 Å². The Labute approximate surface area is 126 Å². The average molecular weight is 292 g/mol. The molecule has 0 N–H and O–H groups in total. The van der Waals surface area contributed by atoms with Crippen LogP contribution in [0.3, 0.4) is 0 Å². The highest BCUT2D eigenvalue weighted by molar-refractivity contribution is 5.97. The van der Waals surface area contributed by atoms with Crippen LogP contribution in [0.1, 0.15) is 53.4 Å². The van der Waals surface area contributed by atoms with E-state index in [1.54, 1.807) is 0 Å². The fraction of sp³-hybridized carbons (Fsp3) is 0.647. The molecule has 2 aliphatic rings. The van der Waals surface area contributed by atoms with Crippen LogP contribution in [-0.2, 0) is 19.1 Å². The molecule has 0 aromatic carbocycles. The number of carbonyl (C=O) groups excluding carboxylic acids is 2. The number of carbonyl (C=O) groups is 2. The van der Waals surface area contributed by atoms with Crippen LogP contribution in [0.2, 0.25) is 0 Å². The van der Waals surface area contributed by atoms with E-state index in [0.717, 1.165) is 29.6 Å². The molecule has 116 valence electrons. The molecule has 0 aromatic heterocycles. The first-order valence-electron chi connectivity index (χ1n) is 7.50. The van der Waals surface area contributed by atoms with E-state index >= 15 is 0 Å². The number of esters is 1. The van der Waals surface area contributed by atoms with Crippen LogP contribution >= 0.6 is 0 Å². The first-order chi connectivity index (χ1) is 9.82. The van der Waals surface area contributed by atoms with E-state index in [2.05, 4.69) is 13.0 Å². The Morgan fingerprint density at radius 1 is 1.48 bits per heavy atom. The van der Waals surface area contributed by atoms with Gasteiger partial charge in [-0.15, -0.1) is 0 Å². The van der Waals surface area contributed by atoms with Crippen LogP contribution in [0.25, 0.3) is 0 Å². The Morgan fingerprint density at radius 2 is 2.19 bits per heavy atom. The van der Waals surface area contributed by atoms with Crippen LogP contribution in [-0.4, -0.2) is 30.1 Å². The Morgan fingerprint density at radius 3 is 2.86 bits per heavy atom. The van der Waals surface area contributed by atoms with Gasteiger partial charge in [0.2, 0.25) is 0 Å². The lowest BCUT2D eigenvalue weighted by Gasteiger charge is -2.14. The van der Waals surface area contributed by atoms with Crippen molar-refractivity contribution < 1.29 is 19.1 Å². The summed E-state index contributed by atoms with van der Waals surface area (Å²) in [6, 6.07) is 0. The summed E-state index contributed by atoms with van der Waals surface area (Å²) in [5, 5.41) is 0. The number of rotatable bonds is 2. The number of Topliss-reactive ketones (excluding diaryl/α,β-unsaturated/α-hetero) is 1. The van der Waals surface area contributed by atoms with E-state index in [1.165, 1.54) is 6.92 Å². The van der Waals surface area contributed by atoms with Gasteiger partial charge in [0, 0.05) is 25.3 Å². The van der Waals surface area contributed by atoms with Crippen molar-refractivity contribution in [3.05, 3.63) is 22.8 Å². The van der Waals surface area contributed by atoms with Gasteiger partial charge in [-0.2, -0.15) is 0 Å². The fourth-order valence-corrected chi connectivity index (χ4v) is 2.81. The summed E-state index contributed by atoms with van der Waals surface area (Å²) < 4.78 is 10.8. The monoisotopic (exact) mass is 292 g/mol. The van der Waals surface area contributed by atoms with Gasteiger partial charge in [-0.3, -0.25) is 9.59 Å². The molecule has 1 heterocycles. The van der Waals surface area contributed by atoms with Gasteiger partial charge in [0.1, 0.15) is 6.61 Å². The summed E-state index contributed by atoms with van der Waals surface area (Å²) in [6.07, 6.45) is 5.24. The summed E-state index contributed by atoms with van der Waals surface area (Å²) in [4.78, 5) is 23.5. The number of ketones is 1. The Kier molecular flexibility index (Phi) is 4.67. The fourth-order valence-electron chi connectivity index (χ4n) is 2.81. The zero-order chi connectivity index (χ0) is 15.6. The summed E-state index contributed by atoms with van der Waals surface area (Å²) in [6.45, 7) is 7.52. The van der Waals surface area contributed by atoms with E-state index in [-0.39, 0.29) is 30.1 Å². The highest BCUT2D eigenvalue weighted by Gasteiger charge is 2.51. The standard InChI is InChI=1S/C17H24O4/c1-11-6-5-7-17(4)16(21-17)9-14(15(19)8-11)12(2)10-20-13(3)18/h6,16H,5,7-10H2,1-4H3/b11-6+,14-12-/t16-,17-/m0/s1. The zero-order valence-corrected chi connectivity index (χ0v) is 13.3. The predicted molar refractivity (Wildman–Crippen MR) is 79.8 cm³/mol. The second-order valence-corrected chi connectivity index (χ2v) is 6.35. The van der Waals surface area contributed by atoms with E-state index in [1.807, 2.05) is 13.8 Å². The van der Waals surface area contributed by atoms with Crippen molar-refractivity contribution >= 4 is 11.8 Å². The van der Waals surface area contributed by atoms with Gasteiger partial charge in [-0.1, -0.05) is 11.6 Å². The van der Waals surface area contributed by atoms with Gasteiger partial charge in [-0.05, 0) is 39.2 Å². The topological polar surface area (TPSA) is 55.9 Å². The van der Waals surface area contributed by atoms with Gasteiger partial charge in [-0.25, -0.2) is 0 Å². The smallest absolute Gasteiger partial charge is 0.302 e. The van der Waals surface area contributed by atoms with Gasteiger partial charge in [0.15, 0.2) is 5.78 Å². The molecular weight excluding hydrogens is 268 g/mol. The third-order valence-corrected chi connectivity index (χ3v) is 4.34. The molecule has 0 bridgehead atoms. The third kappa shape index (κ3) is 4.03. The first kappa shape index (κ1) is 16.0. The molecule has 21 heavy (non-hydrogen) atoms. The van der Waals surface area contributed by atoms with Gasteiger partial charge in [0.25, 0.3) is 0 Å². The minimum atomic E-state index is -0.328. The molecule has 1 aliphatic heterocycles. The Hall–Kier alpha value is -1.42. The Bertz CT molecular complexity index is 515. The molecule has 0 spiro atoms. The van der Waals surface area contributed by atoms with E-state index in [0.29, 0.717) is 12.8 Å². The molecule has 1 fully saturated rings. The number of epoxide rings is 1. The van der Waals surface area contributed by atoms with Crippen molar-refractivity contribution in [1.82, 2.24) is 0 Å². The second kappa shape index (κ2) is 6.14. The molecule has 1 aliphatic carbocycles. The van der Waals surface area contributed by atoms with E-state index in [9.17, 15) is 9.59 Å². The second-order valence-electron chi connectivity index (χ2n) is 6.35. The zero-order valence-electron chi connectivity index (χ0n) is 13.3. The number of fused-ring (bicyclic) bond motifs is 1. The van der Waals surface area contributed by atoms with Crippen LogP contribution < -0.4 is 0 Å². The van der Waals surface area contributed by atoms with Crippen LogP contribution in [0.5, 0.6) is 0 Å². The minimum Gasteiger partial charge on any atom is -0.461 e. The lowest BCUT2D eigenvalue weighted by atomic mass is 9.89. The largest absolute Gasteiger partial charge is 0.461 e. The van der Waals surface area contributed by atoms with Crippen molar-refractivity contribution in [2.75, 3.05) is 6.61 Å². The van der Waals surface area contributed by atoms with Crippen molar-refractivity contribution in [1.29, 1.82) is 0 Å². The third-order valence-electron chi connectivity index (χ3n) is 4.34. The normalized spacial score (nSPS) is 34.4. The van der Waals surface area contributed by atoms with Crippen molar-refractivity contribution in [3.63, 3.8) is 0 Å². The minimum absolute atomic E-state index is 0.107. The van der Waals surface area contributed by atoms with Crippen molar-refractivity contribution in [3.8, 4) is 0 Å². The SMILES string of the molecule is CC(=O)OC/C(C)=C1/C[C@@H]2O[C@@]2(C)CC/C=C(\C)CC1=O. The summed E-state index contributed by atoms with van der Waals surface area (Å²) in [5.41, 5.74) is 2.59. The maximum atomic E-state index is 12.5. The van der Waals surface area contributed by atoms with Gasteiger partial charge >= 0.3 is 5.97 Å². The predicted octanol–water partition coefficient (Wildman–Crippen LogP) is 3.11. The van der Waals surface area contributed by atoms with Gasteiger partial charge in [0.05, 0.1) is 11.7 Å². The summed E-state index contributed by atoms with van der Waals surface area (Å²) in [5.74, 6) is -0.209. The number of hydrogen-bond donors (Lipinski definition) is 0. The molecule has 0 unspecified atom stereocenters. The molecule has 0 saturated carbocycles. The molecule has 1 saturated heterocycles. The van der Waals surface area contributed by atoms with E-state index < -0.39 is 0 Å². The first-order valence-corrected chi connectivity index (χ1v) is 7.50. The maximum Gasteiger partial charge on any atom is 0.302 e. The molecular formula is C17H24O4. The number of ether oxygens (including phenoxy) is 2. The Balaban J connectivity index is 2.21.